The highest BCUT2D eigenvalue weighted by Crippen LogP contribution is 2.29. The lowest BCUT2D eigenvalue weighted by molar-refractivity contribution is 0.147. The second-order valence-electron chi connectivity index (χ2n) is 5.81. The zero-order valence-corrected chi connectivity index (χ0v) is 14.4. The second-order valence-corrected chi connectivity index (χ2v) is 5.81. The zero-order chi connectivity index (χ0) is 17.4. The Morgan fingerprint density at radius 3 is 1.62 bits per heavy atom. The summed E-state index contributed by atoms with van der Waals surface area (Å²) in [7, 11) is 0. The van der Waals surface area contributed by atoms with Gasteiger partial charge in [-0.05, 0) is 48.2 Å². The third-order valence-electron chi connectivity index (χ3n) is 3.77. The molecule has 2 rings (SSSR count). The molecule has 0 aromatic heterocycles. The van der Waals surface area contributed by atoms with Crippen LogP contribution >= 0.6 is 0 Å². The molecule has 0 spiro atoms. The summed E-state index contributed by atoms with van der Waals surface area (Å²) in [6, 6.07) is 14.5. The summed E-state index contributed by atoms with van der Waals surface area (Å²) >= 11 is 0. The van der Waals surface area contributed by atoms with Crippen molar-refractivity contribution < 1.29 is 14.6 Å². The number of ether oxygens (including phenoxy) is 2. The van der Waals surface area contributed by atoms with Crippen molar-refractivity contribution in [1.82, 2.24) is 0 Å². The molecular weight excluding hydrogens is 302 g/mol. The van der Waals surface area contributed by atoms with Crippen molar-refractivity contribution in [3.63, 3.8) is 0 Å². The van der Waals surface area contributed by atoms with Crippen LogP contribution in [0.15, 0.2) is 48.5 Å². The lowest BCUT2D eigenvalue weighted by Gasteiger charge is -2.20. The van der Waals surface area contributed by atoms with Crippen molar-refractivity contribution in [2.75, 3.05) is 13.2 Å². The van der Waals surface area contributed by atoms with Gasteiger partial charge in [0.2, 0.25) is 0 Å². The Hall–Kier alpha value is -2.04. The molecule has 24 heavy (non-hydrogen) atoms. The molecule has 0 aliphatic heterocycles. The van der Waals surface area contributed by atoms with Gasteiger partial charge in [-0.1, -0.05) is 38.1 Å². The van der Waals surface area contributed by atoms with Gasteiger partial charge in [0.25, 0.3) is 0 Å². The minimum atomic E-state index is -0.771. The van der Waals surface area contributed by atoms with Crippen molar-refractivity contribution in [2.24, 2.45) is 5.73 Å². The van der Waals surface area contributed by atoms with E-state index in [1.807, 2.05) is 48.5 Å². The monoisotopic (exact) mass is 329 g/mol. The molecule has 0 aliphatic rings. The molecule has 0 radical (unpaired) electrons. The van der Waals surface area contributed by atoms with Crippen LogP contribution in [0.3, 0.4) is 0 Å². The highest BCUT2D eigenvalue weighted by Gasteiger charge is 2.19. The Bertz CT molecular complexity index is 540. The summed E-state index contributed by atoms with van der Waals surface area (Å²) < 4.78 is 11.1. The van der Waals surface area contributed by atoms with Gasteiger partial charge in [-0.25, -0.2) is 0 Å². The summed E-state index contributed by atoms with van der Waals surface area (Å²) in [4.78, 5) is 0. The quantitative estimate of drug-likeness (QED) is 0.730. The molecule has 0 aliphatic carbocycles. The Morgan fingerprint density at radius 1 is 0.792 bits per heavy atom. The number of hydrogen-bond donors (Lipinski definition) is 2. The van der Waals surface area contributed by atoms with Crippen LogP contribution in [0, 0.1) is 0 Å². The summed E-state index contributed by atoms with van der Waals surface area (Å²) in [6.07, 6.45) is 1.16. The van der Waals surface area contributed by atoms with E-state index in [1.165, 1.54) is 0 Å². The molecule has 2 aromatic rings. The van der Waals surface area contributed by atoms with Crippen molar-refractivity contribution in [2.45, 2.75) is 38.8 Å². The number of aliphatic hydroxyl groups excluding tert-OH is 1. The van der Waals surface area contributed by atoms with E-state index in [0.29, 0.717) is 13.2 Å². The molecule has 2 unspecified atom stereocenters. The Kier molecular flexibility index (Phi) is 7.09. The molecule has 0 saturated carbocycles. The molecule has 2 atom stereocenters. The normalized spacial score (nSPS) is 13.3. The van der Waals surface area contributed by atoms with E-state index < -0.39 is 12.1 Å². The van der Waals surface area contributed by atoms with E-state index in [4.69, 9.17) is 15.2 Å². The number of hydrogen-bond acceptors (Lipinski definition) is 4. The van der Waals surface area contributed by atoms with Crippen LogP contribution in [0.25, 0.3) is 0 Å². The number of rotatable bonds is 9. The van der Waals surface area contributed by atoms with Crippen LogP contribution in [0.2, 0.25) is 0 Å². The van der Waals surface area contributed by atoms with Crippen LogP contribution < -0.4 is 15.2 Å². The van der Waals surface area contributed by atoms with Gasteiger partial charge in [-0.2, -0.15) is 0 Å². The third kappa shape index (κ3) is 4.98. The van der Waals surface area contributed by atoms with Gasteiger partial charge in [-0.3, -0.25) is 0 Å². The fourth-order valence-corrected chi connectivity index (χ4v) is 2.38. The van der Waals surface area contributed by atoms with Gasteiger partial charge in [0.1, 0.15) is 11.5 Å². The minimum Gasteiger partial charge on any atom is -0.494 e. The van der Waals surface area contributed by atoms with E-state index >= 15 is 0 Å². The molecule has 0 amide bonds. The maximum Gasteiger partial charge on any atom is 0.119 e. The predicted octanol–water partition coefficient (Wildman–Crippen LogP) is 4.00. The molecule has 4 heteroatoms. The molecule has 0 saturated heterocycles. The first kappa shape index (κ1) is 18.3. The first-order chi connectivity index (χ1) is 11.7. The van der Waals surface area contributed by atoms with Crippen molar-refractivity contribution in [3.8, 4) is 11.5 Å². The Labute approximate surface area is 144 Å². The SMILES string of the molecule is CCCOc1ccc(C(N)C(O)c2ccc(OCCC)cc2)cc1. The average Bonchev–Trinajstić information content (AvgIpc) is 2.64. The maximum atomic E-state index is 10.5. The summed E-state index contributed by atoms with van der Waals surface area (Å²) in [5, 5.41) is 10.5. The van der Waals surface area contributed by atoms with E-state index in [1.54, 1.807) is 0 Å². The van der Waals surface area contributed by atoms with Crippen molar-refractivity contribution >= 4 is 0 Å². The zero-order valence-electron chi connectivity index (χ0n) is 14.4. The molecule has 0 heterocycles. The molecule has 0 fully saturated rings. The van der Waals surface area contributed by atoms with Gasteiger partial charge < -0.3 is 20.3 Å². The summed E-state index contributed by atoms with van der Waals surface area (Å²) in [6.45, 7) is 5.52. The topological polar surface area (TPSA) is 64.7 Å². The highest BCUT2D eigenvalue weighted by atomic mass is 16.5. The van der Waals surface area contributed by atoms with Gasteiger partial charge >= 0.3 is 0 Å². The lowest BCUT2D eigenvalue weighted by atomic mass is 9.96. The molecule has 2 aromatic carbocycles. The Morgan fingerprint density at radius 2 is 1.21 bits per heavy atom. The second kappa shape index (κ2) is 9.30. The number of benzene rings is 2. The van der Waals surface area contributed by atoms with E-state index in [2.05, 4.69) is 13.8 Å². The van der Waals surface area contributed by atoms with Gasteiger partial charge in [0.15, 0.2) is 0 Å². The molecule has 130 valence electrons. The van der Waals surface area contributed by atoms with Gasteiger partial charge in [-0.15, -0.1) is 0 Å². The number of nitrogens with two attached hydrogens (primary N) is 1. The van der Waals surface area contributed by atoms with Gasteiger partial charge in [0.05, 0.1) is 25.4 Å². The maximum absolute atomic E-state index is 10.5. The summed E-state index contributed by atoms with van der Waals surface area (Å²) in [5.74, 6) is 1.62. The molecular formula is C20H27NO3. The first-order valence-electron chi connectivity index (χ1n) is 8.54. The van der Waals surface area contributed by atoms with E-state index in [-0.39, 0.29) is 0 Å². The molecule has 0 bridgehead atoms. The van der Waals surface area contributed by atoms with Crippen LogP contribution in [-0.4, -0.2) is 18.3 Å². The lowest BCUT2D eigenvalue weighted by Crippen LogP contribution is -2.19. The van der Waals surface area contributed by atoms with Gasteiger partial charge in [0, 0.05) is 0 Å². The van der Waals surface area contributed by atoms with Crippen LogP contribution in [-0.2, 0) is 0 Å². The largest absolute Gasteiger partial charge is 0.494 e. The van der Waals surface area contributed by atoms with Crippen molar-refractivity contribution in [1.29, 1.82) is 0 Å². The fourth-order valence-electron chi connectivity index (χ4n) is 2.38. The van der Waals surface area contributed by atoms with Crippen LogP contribution in [0.4, 0.5) is 0 Å². The predicted molar refractivity (Wildman–Crippen MR) is 96.3 cm³/mol. The summed E-state index contributed by atoms with van der Waals surface area (Å²) in [5.41, 5.74) is 7.87. The van der Waals surface area contributed by atoms with Crippen LogP contribution in [0.1, 0.15) is 50.0 Å². The fraction of sp³-hybridized carbons (Fsp3) is 0.400. The minimum absolute atomic E-state index is 0.493. The smallest absolute Gasteiger partial charge is 0.119 e. The highest BCUT2D eigenvalue weighted by molar-refractivity contribution is 5.33. The first-order valence-corrected chi connectivity index (χ1v) is 8.54. The number of aliphatic hydroxyl groups is 1. The van der Waals surface area contributed by atoms with Crippen LogP contribution in [0.5, 0.6) is 11.5 Å². The average molecular weight is 329 g/mol. The molecule has 3 N–H and O–H groups in total. The van der Waals surface area contributed by atoms with E-state index in [0.717, 1.165) is 35.5 Å². The van der Waals surface area contributed by atoms with E-state index in [9.17, 15) is 5.11 Å². The molecule has 4 nitrogen and oxygen atoms in total. The Balaban J connectivity index is 2.01. The van der Waals surface area contributed by atoms with Crippen molar-refractivity contribution in [3.05, 3.63) is 59.7 Å². The third-order valence-corrected chi connectivity index (χ3v) is 3.77. The standard InChI is InChI=1S/C20H27NO3/c1-3-13-23-17-9-5-15(6-10-17)19(21)20(22)16-7-11-18(12-8-16)24-14-4-2/h5-12,19-20,22H,3-4,13-14,21H2,1-2H3.